The Bertz CT molecular complexity index is 726. The topological polar surface area (TPSA) is 29.0 Å². The summed E-state index contributed by atoms with van der Waals surface area (Å²) in [5, 5.41) is 8.13. The molecule has 1 aliphatic rings. The first-order valence-electron chi connectivity index (χ1n) is 7.04. The number of hydrogen-bond acceptors (Lipinski definition) is 3. The maximum absolute atomic E-state index is 12.9. The fourth-order valence-corrected chi connectivity index (χ4v) is 2.62. The van der Waals surface area contributed by atoms with Crippen LogP contribution in [0.15, 0.2) is 42.5 Å². The molecule has 0 fully saturated rings. The van der Waals surface area contributed by atoms with Gasteiger partial charge in [0.1, 0.15) is 0 Å². The van der Waals surface area contributed by atoms with E-state index in [1.54, 1.807) is 18.2 Å². The number of benzene rings is 1. The lowest BCUT2D eigenvalue weighted by Crippen LogP contribution is -2.30. The summed E-state index contributed by atoms with van der Waals surface area (Å²) in [6, 6.07) is 8.78. The Morgan fingerprint density at radius 2 is 1.91 bits per heavy atom. The van der Waals surface area contributed by atoms with Crippen LogP contribution >= 0.6 is 11.6 Å². The molecule has 0 atom stereocenters. The van der Waals surface area contributed by atoms with E-state index in [1.807, 2.05) is 11.0 Å². The zero-order valence-electron chi connectivity index (χ0n) is 12.0. The standard InChI is InChI=1S/C16H13ClF3N3/c17-14-6-7-15(22-21-14)23-8-2-4-12(10-23)11-3-1-5-13(9-11)16(18,19)20/h1,3-7,9H,2,8,10H2. The van der Waals surface area contributed by atoms with Crippen molar-refractivity contribution in [3.8, 4) is 0 Å². The molecule has 2 aromatic rings. The van der Waals surface area contributed by atoms with Crippen molar-refractivity contribution in [2.75, 3.05) is 18.0 Å². The molecule has 120 valence electrons. The molecular formula is C16H13ClF3N3. The lowest BCUT2D eigenvalue weighted by Gasteiger charge is -2.28. The Morgan fingerprint density at radius 3 is 2.61 bits per heavy atom. The highest BCUT2D eigenvalue weighted by atomic mass is 35.5. The number of alkyl halides is 3. The highest BCUT2D eigenvalue weighted by Gasteiger charge is 2.30. The van der Waals surface area contributed by atoms with Gasteiger partial charge in [-0.3, -0.25) is 0 Å². The quantitative estimate of drug-likeness (QED) is 0.809. The van der Waals surface area contributed by atoms with E-state index < -0.39 is 11.7 Å². The van der Waals surface area contributed by atoms with E-state index in [-0.39, 0.29) is 0 Å². The van der Waals surface area contributed by atoms with Gasteiger partial charge in [0.15, 0.2) is 11.0 Å². The minimum absolute atomic E-state index is 0.305. The smallest absolute Gasteiger partial charge is 0.350 e. The average molecular weight is 340 g/mol. The van der Waals surface area contributed by atoms with Crippen molar-refractivity contribution in [1.82, 2.24) is 10.2 Å². The Morgan fingerprint density at radius 1 is 1.09 bits per heavy atom. The molecule has 3 nitrogen and oxygen atoms in total. The molecule has 7 heteroatoms. The van der Waals surface area contributed by atoms with Crippen LogP contribution in [-0.4, -0.2) is 23.3 Å². The van der Waals surface area contributed by atoms with Crippen LogP contribution in [0.2, 0.25) is 5.15 Å². The molecule has 0 N–H and O–H groups in total. The summed E-state index contributed by atoms with van der Waals surface area (Å²) in [7, 11) is 0. The summed E-state index contributed by atoms with van der Waals surface area (Å²) in [6.07, 6.45) is -1.64. The van der Waals surface area contributed by atoms with Gasteiger partial charge in [-0.15, -0.1) is 10.2 Å². The van der Waals surface area contributed by atoms with Gasteiger partial charge in [0.25, 0.3) is 0 Å². The number of rotatable bonds is 2. The van der Waals surface area contributed by atoms with E-state index in [2.05, 4.69) is 10.2 Å². The molecule has 0 amide bonds. The maximum Gasteiger partial charge on any atom is 0.416 e. The molecule has 1 aliphatic heterocycles. The van der Waals surface area contributed by atoms with Crippen molar-refractivity contribution in [2.45, 2.75) is 12.6 Å². The molecule has 0 unspecified atom stereocenters. The molecule has 1 aromatic heterocycles. The van der Waals surface area contributed by atoms with Crippen LogP contribution in [0.25, 0.3) is 5.57 Å². The van der Waals surface area contributed by atoms with E-state index in [0.717, 1.165) is 24.6 Å². The molecule has 1 aromatic carbocycles. The molecule has 3 rings (SSSR count). The largest absolute Gasteiger partial charge is 0.416 e. The molecule has 23 heavy (non-hydrogen) atoms. The fourth-order valence-electron chi connectivity index (χ4n) is 2.52. The van der Waals surface area contributed by atoms with Crippen LogP contribution in [0.1, 0.15) is 17.5 Å². The van der Waals surface area contributed by atoms with Gasteiger partial charge < -0.3 is 4.90 Å². The predicted octanol–water partition coefficient (Wildman–Crippen LogP) is 4.44. The van der Waals surface area contributed by atoms with Crippen molar-refractivity contribution in [3.63, 3.8) is 0 Å². The van der Waals surface area contributed by atoms with Gasteiger partial charge in [0.2, 0.25) is 0 Å². The van der Waals surface area contributed by atoms with Crippen LogP contribution < -0.4 is 4.90 Å². The summed E-state index contributed by atoms with van der Waals surface area (Å²) in [4.78, 5) is 1.97. The van der Waals surface area contributed by atoms with Crippen molar-refractivity contribution >= 4 is 23.0 Å². The molecular weight excluding hydrogens is 327 g/mol. The first-order valence-corrected chi connectivity index (χ1v) is 7.42. The van der Waals surface area contributed by atoms with Gasteiger partial charge in [-0.2, -0.15) is 13.2 Å². The van der Waals surface area contributed by atoms with Crippen LogP contribution in [-0.2, 0) is 6.18 Å². The molecule has 0 radical (unpaired) electrons. The van der Waals surface area contributed by atoms with Crippen molar-refractivity contribution in [1.29, 1.82) is 0 Å². The Hall–Kier alpha value is -2.08. The van der Waals surface area contributed by atoms with Crippen LogP contribution in [0.3, 0.4) is 0 Å². The highest BCUT2D eigenvalue weighted by Crippen LogP contribution is 2.32. The molecule has 2 heterocycles. The summed E-state index contributed by atoms with van der Waals surface area (Å²) in [5.74, 6) is 0.659. The van der Waals surface area contributed by atoms with E-state index in [9.17, 15) is 13.2 Å². The second-order valence-corrected chi connectivity index (χ2v) is 5.62. The van der Waals surface area contributed by atoms with Gasteiger partial charge in [0.05, 0.1) is 5.56 Å². The first-order chi connectivity index (χ1) is 10.9. The first kappa shape index (κ1) is 15.8. The second kappa shape index (κ2) is 6.20. The summed E-state index contributed by atoms with van der Waals surface area (Å²) >= 11 is 5.73. The molecule has 0 bridgehead atoms. The summed E-state index contributed by atoms with van der Waals surface area (Å²) in [6.45, 7) is 1.22. The minimum atomic E-state index is -4.34. The summed E-state index contributed by atoms with van der Waals surface area (Å²) < 4.78 is 38.6. The Labute approximate surface area is 136 Å². The van der Waals surface area contributed by atoms with Crippen LogP contribution in [0.4, 0.5) is 19.0 Å². The van der Waals surface area contributed by atoms with Gasteiger partial charge >= 0.3 is 6.18 Å². The summed E-state index contributed by atoms with van der Waals surface area (Å²) in [5.41, 5.74) is 0.782. The van der Waals surface area contributed by atoms with Crippen LogP contribution in [0, 0.1) is 0 Å². The third kappa shape index (κ3) is 3.64. The van der Waals surface area contributed by atoms with Gasteiger partial charge in [0, 0.05) is 13.1 Å². The van der Waals surface area contributed by atoms with Gasteiger partial charge in [-0.1, -0.05) is 29.8 Å². The van der Waals surface area contributed by atoms with Gasteiger partial charge in [-0.05, 0) is 41.8 Å². The third-order valence-corrected chi connectivity index (χ3v) is 3.86. The zero-order valence-corrected chi connectivity index (χ0v) is 12.8. The highest BCUT2D eigenvalue weighted by molar-refractivity contribution is 6.29. The lowest BCUT2D eigenvalue weighted by atomic mass is 9.99. The Kier molecular flexibility index (Phi) is 4.26. The Balaban J connectivity index is 1.84. The maximum atomic E-state index is 12.9. The van der Waals surface area contributed by atoms with Crippen LogP contribution in [0.5, 0.6) is 0 Å². The number of anilines is 1. The third-order valence-electron chi connectivity index (χ3n) is 3.65. The molecule has 0 aliphatic carbocycles. The monoisotopic (exact) mass is 339 g/mol. The molecule has 0 saturated heterocycles. The predicted molar refractivity (Wildman–Crippen MR) is 83.3 cm³/mol. The van der Waals surface area contributed by atoms with E-state index in [4.69, 9.17) is 11.6 Å². The number of hydrogen-bond donors (Lipinski definition) is 0. The normalized spacial score (nSPS) is 15.5. The van der Waals surface area contributed by atoms with Crippen molar-refractivity contribution in [3.05, 3.63) is 58.8 Å². The average Bonchev–Trinajstić information content (AvgIpc) is 2.55. The zero-order chi connectivity index (χ0) is 16.4. The van der Waals surface area contributed by atoms with Crippen molar-refractivity contribution in [2.24, 2.45) is 0 Å². The SMILES string of the molecule is FC(F)(F)c1cccc(C2=CCCN(c3ccc(Cl)nn3)C2)c1. The van der Waals surface area contributed by atoms with Gasteiger partial charge in [-0.25, -0.2) is 0 Å². The molecule has 0 spiro atoms. The molecule has 0 saturated carbocycles. The van der Waals surface area contributed by atoms with E-state index >= 15 is 0 Å². The van der Waals surface area contributed by atoms with E-state index in [0.29, 0.717) is 23.1 Å². The van der Waals surface area contributed by atoms with E-state index in [1.165, 1.54) is 12.1 Å². The lowest BCUT2D eigenvalue weighted by molar-refractivity contribution is -0.137. The number of nitrogens with zero attached hydrogens (tertiary/aromatic N) is 3. The van der Waals surface area contributed by atoms with Crippen molar-refractivity contribution < 1.29 is 13.2 Å². The second-order valence-electron chi connectivity index (χ2n) is 5.23. The fraction of sp³-hybridized carbons (Fsp3) is 0.250. The number of halogens is 4. The minimum Gasteiger partial charge on any atom is -0.350 e. The number of aromatic nitrogens is 2.